The minimum Gasteiger partial charge on any atom is -0.493 e. The highest BCUT2D eigenvalue weighted by atomic mass is 16.5. The number of amides is 2. The van der Waals surface area contributed by atoms with Gasteiger partial charge >= 0.3 is 0 Å². The first-order chi connectivity index (χ1) is 12.1. The number of aryl methyl sites for hydroxylation is 2. The highest BCUT2D eigenvalue weighted by Gasteiger charge is 2.08. The zero-order chi connectivity index (χ0) is 18.1. The van der Waals surface area contributed by atoms with Crippen molar-refractivity contribution < 1.29 is 14.3 Å². The third-order valence-corrected chi connectivity index (χ3v) is 3.74. The molecule has 132 valence electrons. The van der Waals surface area contributed by atoms with Gasteiger partial charge in [0.05, 0.1) is 19.6 Å². The van der Waals surface area contributed by atoms with Gasteiger partial charge in [-0.3, -0.25) is 9.59 Å². The van der Waals surface area contributed by atoms with Crippen molar-refractivity contribution in [3.8, 4) is 5.75 Å². The van der Waals surface area contributed by atoms with Crippen LogP contribution in [0.4, 0.5) is 5.69 Å². The topological polar surface area (TPSA) is 67.4 Å². The number of carbonyl (C=O) groups is 2. The molecule has 0 spiro atoms. The molecule has 0 saturated heterocycles. The van der Waals surface area contributed by atoms with E-state index in [0.717, 1.165) is 29.0 Å². The maximum atomic E-state index is 12.0. The number of hydrogen-bond donors (Lipinski definition) is 2. The number of hydrogen-bond acceptors (Lipinski definition) is 3. The molecule has 2 N–H and O–H groups in total. The summed E-state index contributed by atoms with van der Waals surface area (Å²) in [6.07, 6.45) is 1.03. The molecule has 25 heavy (non-hydrogen) atoms. The quantitative estimate of drug-likeness (QED) is 0.776. The Bertz CT molecular complexity index is 711. The second-order valence-electron chi connectivity index (χ2n) is 5.75. The summed E-state index contributed by atoms with van der Waals surface area (Å²) in [7, 11) is 0. The molecule has 0 saturated carbocycles. The molecule has 5 nitrogen and oxygen atoms in total. The maximum absolute atomic E-state index is 12.0. The van der Waals surface area contributed by atoms with Gasteiger partial charge in [-0.1, -0.05) is 42.8 Å². The molecule has 2 aromatic carbocycles. The molecule has 0 aliphatic rings. The van der Waals surface area contributed by atoms with Gasteiger partial charge in [0.25, 0.3) is 0 Å². The lowest BCUT2D eigenvalue weighted by Crippen LogP contribution is -2.33. The lowest BCUT2D eigenvalue weighted by atomic mass is 10.1. The molecule has 5 heteroatoms. The van der Waals surface area contributed by atoms with Crippen LogP contribution in [0.25, 0.3) is 0 Å². The van der Waals surface area contributed by atoms with E-state index in [4.69, 9.17) is 4.74 Å². The van der Waals surface area contributed by atoms with Crippen molar-refractivity contribution >= 4 is 17.5 Å². The fraction of sp³-hybridized carbons (Fsp3) is 0.300. The number of rotatable bonds is 8. The molecule has 0 bridgehead atoms. The van der Waals surface area contributed by atoms with E-state index in [2.05, 4.69) is 10.6 Å². The molecule has 0 aliphatic carbocycles. The Morgan fingerprint density at radius 2 is 1.72 bits per heavy atom. The zero-order valence-corrected chi connectivity index (χ0v) is 14.7. The van der Waals surface area contributed by atoms with E-state index in [0.29, 0.717) is 0 Å². The molecule has 0 unspecified atom stereocenters. The van der Waals surface area contributed by atoms with Gasteiger partial charge in [-0.05, 0) is 37.1 Å². The first-order valence-electron chi connectivity index (χ1n) is 8.42. The van der Waals surface area contributed by atoms with Crippen molar-refractivity contribution in [1.29, 1.82) is 0 Å². The third-order valence-electron chi connectivity index (χ3n) is 3.74. The van der Waals surface area contributed by atoms with Crippen LogP contribution in [0.15, 0.2) is 48.5 Å². The van der Waals surface area contributed by atoms with E-state index < -0.39 is 0 Å². The Hall–Kier alpha value is -2.82. The van der Waals surface area contributed by atoms with E-state index in [1.807, 2.05) is 62.4 Å². The third kappa shape index (κ3) is 6.30. The van der Waals surface area contributed by atoms with Crippen LogP contribution in [0.3, 0.4) is 0 Å². The summed E-state index contributed by atoms with van der Waals surface area (Å²) in [6.45, 7) is 4.25. The second kappa shape index (κ2) is 9.47. The predicted molar refractivity (Wildman–Crippen MR) is 98.8 cm³/mol. The van der Waals surface area contributed by atoms with Gasteiger partial charge in [-0.25, -0.2) is 0 Å². The van der Waals surface area contributed by atoms with Crippen LogP contribution in [0, 0.1) is 6.92 Å². The lowest BCUT2D eigenvalue weighted by molar-refractivity contribution is -0.124. The number of carbonyl (C=O) groups excluding carboxylic acids is 2. The van der Waals surface area contributed by atoms with Gasteiger partial charge in [0, 0.05) is 5.69 Å². The molecular weight excluding hydrogens is 316 g/mol. The van der Waals surface area contributed by atoms with Gasteiger partial charge < -0.3 is 15.4 Å². The maximum Gasteiger partial charge on any atom is 0.243 e. The first-order valence-corrected chi connectivity index (χ1v) is 8.42. The van der Waals surface area contributed by atoms with Gasteiger partial charge in [0.1, 0.15) is 5.75 Å². The van der Waals surface area contributed by atoms with Crippen molar-refractivity contribution in [2.24, 2.45) is 0 Å². The summed E-state index contributed by atoms with van der Waals surface area (Å²) in [5, 5.41) is 5.42. The SMILES string of the molecule is CCc1ccccc1NC(=O)CNC(=O)CCOc1ccc(C)cc1. The molecule has 0 fully saturated rings. The smallest absolute Gasteiger partial charge is 0.243 e. The van der Waals surface area contributed by atoms with Crippen molar-refractivity contribution in [1.82, 2.24) is 5.32 Å². The highest BCUT2D eigenvalue weighted by molar-refractivity contribution is 5.95. The van der Waals surface area contributed by atoms with Crippen molar-refractivity contribution in [3.05, 3.63) is 59.7 Å². The van der Waals surface area contributed by atoms with Crippen LogP contribution in [-0.4, -0.2) is 25.0 Å². The van der Waals surface area contributed by atoms with Crippen LogP contribution in [0.5, 0.6) is 5.75 Å². The van der Waals surface area contributed by atoms with Crippen molar-refractivity contribution in [3.63, 3.8) is 0 Å². The Morgan fingerprint density at radius 1 is 1.00 bits per heavy atom. The summed E-state index contributed by atoms with van der Waals surface area (Å²) in [4.78, 5) is 23.8. The molecule has 0 atom stereocenters. The van der Waals surface area contributed by atoms with E-state index in [1.165, 1.54) is 0 Å². The van der Waals surface area contributed by atoms with E-state index in [1.54, 1.807) is 0 Å². The Kier molecular flexibility index (Phi) is 7.01. The molecule has 2 rings (SSSR count). The standard InChI is InChI=1S/C20H24N2O3/c1-3-16-6-4-5-7-18(16)22-20(24)14-21-19(23)12-13-25-17-10-8-15(2)9-11-17/h4-11H,3,12-14H2,1-2H3,(H,21,23)(H,22,24). The van der Waals surface area contributed by atoms with E-state index in [9.17, 15) is 9.59 Å². The van der Waals surface area contributed by atoms with E-state index >= 15 is 0 Å². The Labute approximate surface area is 148 Å². The minimum atomic E-state index is -0.242. The average molecular weight is 340 g/mol. The molecule has 2 amide bonds. The Balaban J connectivity index is 1.68. The van der Waals surface area contributed by atoms with Gasteiger partial charge in [-0.2, -0.15) is 0 Å². The van der Waals surface area contributed by atoms with Gasteiger partial charge in [0.2, 0.25) is 11.8 Å². The summed E-state index contributed by atoms with van der Waals surface area (Å²) < 4.78 is 5.50. The summed E-state index contributed by atoms with van der Waals surface area (Å²) in [5.41, 5.74) is 3.00. The van der Waals surface area contributed by atoms with Crippen LogP contribution in [0.2, 0.25) is 0 Å². The number of para-hydroxylation sites is 1. The molecule has 0 aromatic heterocycles. The summed E-state index contributed by atoms with van der Waals surface area (Å²) >= 11 is 0. The first kappa shape index (κ1) is 18.5. The number of ether oxygens (including phenoxy) is 1. The number of nitrogens with one attached hydrogen (secondary N) is 2. The zero-order valence-electron chi connectivity index (χ0n) is 14.7. The highest BCUT2D eigenvalue weighted by Crippen LogP contribution is 2.15. The van der Waals surface area contributed by atoms with Crippen LogP contribution in [0.1, 0.15) is 24.5 Å². The van der Waals surface area contributed by atoms with Crippen LogP contribution in [-0.2, 0) is 16.0 Å². The minimum absolute atomic E-state index is 0.0542. The predicted octanol–water partition coefficient (Wildman–Crippen LogP) is 3.08. The van der Waals surface area contributed by atoms with Gasteiger partial charge in [0.15, 0.2) is 0 Å². The largest absolute Gasteiger partial charge is 0.493 e. The van der Waals surface area contributed by atoms with Crippen molar-refractivity contribution in [2.75, 3.05) is 18.5 Å². The lowest BCUT2D eigenvalue weighted by Gasteiger charge is -2.10. The average Bonchev–Trinajstić information content (AvgIpc) is 2.62. The normalized spacial score (nSPS) is 10.2. The fourth-order valence-electron chi connectivity index (χ4n) is 2.31. The number of benzene rings is 2. The molecule has 0 heterocycles. The van der Waals surface area contributed by atoms with Crippen LogP contribution >= 0.6 is 0 Å². The second-order valence-corrected chi connectivity index (χ2v) is 5.75. The molecular formula is C20H24N2O3. The van der Waals surface area contributed by atoms with Crippen LogP contribution < -0.4 is 15.4 Å². The van der Waals surface area contributed by atoms with Gasteiger partial charge in [-0.15, -0.1) is 0 Å². The number of anilines is 1. The summed E-state index contributed by atoms with van der Waals surface area (Å²) in [5.74, 6) is 0.270. The van der Waals surface area contributed by atoms with E-state index in [-0.39, 0.29) is 31.4 Å². The summed E-state index contributed by atoms with van der Waals surface area (Å²) in [6, 6.07) is 15.3. The molecule has 0 aliphatic heterocycles. The molecule has 0 radical (unpaired) electrons. The van der Waals surface area contributed by atoms with Crippen molar-refractivity contribution in [2.45, 2.75) is 26.7 Å². The molecule has 2 aromatic rings. The fourth-order valence-corrected chi connectivity index (χ4v) is 2.31. The monoisotopic (exact) mass is 340 g/mol. The Morgan fingerprint density at radius 3 is 2.44 bits per heavy atom.